The number of carbonyl (C=O) groups excluding carboxylic acids is 2. The van der Waals surface area contributed by atoms with Gasteiger partial charge in [0.15, 0.2) is 0 Å². The first kappa shape index (κ1) is 16.2. The van der Waals surface area contributed by atoms with E-state index in [0.29, 0.717) is 19.5 Å². The molecular formula is C13H23N3O5. The van der Waals surface area contributed by atoms with Gasteiger partial charge in [0.25, 0.3) is 5.91 Å². The summed E-state index contributed by atoms with van der Waals surface area (Å²) in [5.41, 5.74) is 0. The number of hydrogen-bond donors (Lipinski definition) is 5. The number of rotatable bonds is 6. The topological polar surface area (TPSA) is 122 Å². The minimum atomic E-state index is -0.872. The van der Waals surface area contributed by atoms with Gasteiger partial charge in [0.1, 0.15) is 6.04 Å². The van der Waals surface area contributed by atoms with E-state index in [4.69, 9.17) is 0 Å². The maximum atomic E-state index is 11.3. The number of β-amino-alcohol motifs (C(OH)–C–C–N with tert-alkyl or cyclic N) is 1. The van der Waals surface area contributed by atoms with Gasteiger partial charge < -0.3 is 25.5 Å². The third-order valence-corrected chi connectivity index (χ3v) is 4.13. The lowest BCUT2D eigenvalue weighted by molar-refractivity contribution is -0.120. The minimum Gasteiger partial charge on any atom is -0.396 e. The Kier molecular flexibility index (Phi) is 5.51. The lowest BCUT2D eigenvalue weighted by Gasteiger charge is -2.38. The summed E-state index contributed by atoms with van der Waals surface area (Å²) in [7, 11) is 0. The summed E-state index contributed by atoms with van der Waals surface area (Å²) < 4.78 is 0. The van der Waals surface area contributed by atoms with Crippen molar-refractivity contribution < 1.29 is 24.9 Å². The zero-order valence-electron chi connectivity index (χ0n) is 11.9. The number of nitrogens with one attached hydrogen (secondary N) is 2. The van der Waals surface area contributed by atoms with E-state index in [1.54, 1.807) is 0 Å². The van der Waals surface area contributed by atoms with Crippen LogP contribution in [0.2, 0.25) is 0 Å². The first-order chi connectivity index (χ1) is 10.0. The summed E-state index contributed by atoms with van der Waals surface area (Å²) >= 11 is 0. The molecule has 4 atom stereocenters. The Morgan fingerprint density at radius 2 is 1.95 bits per heavy atom. The number of urea groups is 1. The molecule has 21 heavy (non-hydrogen) atoms. The van der Waals surface area contributed by atoms with E-state index in [9.17, 15) is 24.9 Å². The number of nitrogens with zero attached hydrogens (tertiary/aromatic N) is 1. The van der Waals surface area contributed by atoms with Crippen molar-refractivity contribution in [1.82, 2.24) is 15.5 Å². The first-order valence-electron chi connectivity index (χ1n) is 7.32. The van der Waals surface area contributed by atoms with E-state index in [2.05, 4.69) is 10.6 Å². The highest BCUT2D eigenvalue weighted by Crippen LogP contribution is 2.18. The van der Waals surface area contributed by atoms with E-state index >= 15 is 0 Å². The predicted octanol–water partition coefficient (Wildman–Crippen LogP) is -1.99. The molecule has 1 unspecified atom stereocenters. The Bertz CT molecular complexity index is 392. The molecule has 0 bridgehead atoms. The summed E-state index contributed by atoms with van der Waals surface area (Å²) in [6.45, 7) is 1.51. The largest absolute Gasteiger partial charge is 0.396 e. The molecule has 8 heteroatoms. The van der Waals surface area contributed by atoms with Crippen molar-refractivity contribution in [3.05, 3.63) is 0 Å². The Labute approximate surface area is 123 Å². The molecule has 0 aromatic carbocycles. The average Bonchev–Trinajstić information content (AvgIpc) is 2.76. The molecule has 8 nitrogen and oxygen atoms in total. The third kappa shape index (κ3) is 4.13. The number of aliphatic hydroxyl groups excluding tert-OH is 3. The number of likely N-dealkylation sites (tertiary alicyclic amines) is 1. The van der Waals surface area contributed by atoms with Gasteiger partial charge in [-0.25, -0.2) is 4.79 Å². The summed E-state index contributed by atoms with van der Waals surface area (Å²) in [6.07, 6.45) is 0.470. The number of piperidine rings is 1. The summed E-state index contributed by atoms with van der Waals surface area (Å²) in [5.74, 6) is -0.606. The number of imide groups is 1. The number of amides is 3. The van der Waals surface area contributed by atoms with Crippen LogP contribution in [-0.2, 0) is 4.79 Å². The smallest absolute Gasteiger partial charge is 0.322 e. The van der Waals surface area contributed by atoms with Crippen molar-refractivity contribution in [3.63, 3.8) is 0 Å². The highest BCUT2D eigenvalue weighted by molar-refractivity contribution is 6.04. The second kappa shape index (κ2) is 7.17. The van der Waals surface area contributed by atoms with E-state index < -0.39 is 24.3 Å². The average molecular weight is 301 g/mol. The van der Waals surface area contributed by atoms with Gasteiger partial charge in [0, 0.05) is 25.6 Å². The van der Waals surface area contributed by atoms with Crippen molar-refractivity contribution in [2.24, 2.45) is 5.92 Å². The molecule has 0 saturated carbocycles. The molecule has 2 rings (SSSR count). The van der Waals surface area contributed by atoms with Crippen LogP contribution in [0.4, 0.5) is 4.79 Å². The van der Waals surface area contributed by atoms with Crippen molar-refractivity contribution in [1.29, 1.82) is 0 Å². The van der Waals surface area contributed by atoms with Gasteiger partial charge in [-0.1, -0.05) is 0 Å². The Morgan fingerprint density at radius 3 is 2.57 bits per heavy atom. The van der Waals surface area contributed by atoms with Crippen LogP contribution < -0.4 is 10.6 Å². The Balaban J connectivity index is 1.67. The zero-order valence-corrected chi connectivity index (χ0v) is 11.9. The van der Waals surface area contributed by atoms with Gasteiger partial charge in [-0.15, -0.1) is 0 Å². The summed E-state index contributed by atoms with van der Waals surface area (Å²) in [5, 5.41) is 33.4. The molecule has 2 heterocycles. The van der Waals surface area contributed by atoms with Crippen LogP contribution in [0, 0.1) is 5.92 Å². The lowest BCUT2D eigenvalue weighted by Crippen LogP contribution is -2.53. The van der Waals surface area contributed by atoms with Crippen molar-refractivity contribution >= 4 is 11.9 Å². The van der Waals surface area contributed by atoms with Crippen LogP contribution in [0.15, 0.2) is 0 Å². The van der Waals surface area contributed by atoms with E-state index in [1.165, 1.54) is 0 Å². The molecule has 5 N–H and O–H groups in total. The summed E-state index contributed by atoms with van der Waals surface area (Å²) in [4.78, 5) is 24.3. The van der Waals surface area contributed by atoms with Gasteiger partial charge >= 0.3 is 6.03 Å². The SMILES string of the molecule is O=C1NC(=O)C(CCCCN2C[C@H](CO)[C@@H](O)[C@H](O)C2)N1. The van der Waals surface area contributed by atoms with Gasteiger partial charge in [-0.2, -0.15) is 0 Å². The number of hydrogen-bond acceptors (Lipinski definition) is 6. The molecule has 2 saturated heterocycles. The fourth-order valence-electron chi connectivity index (χ4n) is 2.90. The molecule has 2 aliphatic heterocycles. The molecular weight excluding hydrogens is 278 g/mol. The fourth-order valence-corrected chi connectivity index (χ4v) is 2.90. The first-order valence-corrected chi connectivity index (χ1v) is 7.32. The molecule has 2 fully saturated rings. The number of aliphatic hydroxyl groups is 3. The van der Waals surface area contributed by atoms with Crippen LogP contribution in [0.1, 0.15) is 19.3 Å². The van der Waals surface area contributed by atoms with Gasteiger partial charge in [-0.05, 0) is 25.8 Å². The highest BCUT2D eigenvalue weighted by Gasteiger charge is 2.34. The zero-order chi connectivity index (χ0) is 15.4. The quantitative estimate of drug-likeness (QED) is 0.286. The molecule has 2 aliphatic rings. The molecule has 0 radical (unpaired) electrons. The molecule has 0 aliphatic carbocycles. The molecule has 0 aromatic heterocycles. The second-order valence-electron chi connectivity index (χ2n) is 5.77. The van der Waals surface area contributed by atoms with E-state index in [0.717, 1.165) is 19.4 Å². The maximum absolute atomic E-state index is 11.3. The fraction of sp³-hybridized carbons (Fsp3) is 0.846. The monoisotopic (exact) mass is 301 g/mol. The van der Waals surface area contributed by atoms with Gasteiger partial charge in [0.2, 0.25) is 0 Å². The van der Waals surface area contributed by atoms with Gasteiger partial charge in [-0.3, -0.25) is 10.1 Å². The van der Waals surface area contributed by atoms with E-state index in [-0.39, 0.29) is 18.4 Å². The normalized spacial score (nSPS) is 33.9. The Morgan fingerprint density at radius 1 is 1.19 bits per heavy atom. The van der Waals surface area contributed by atoms with E-state index in [1.807, 2.05) is 4.90 Å². The van der Waals surface area contributed by atoms with Crippen LogP contribution in [0.5, 0.6) is 0 Å². The maximum Gasteiger partial charge on any atom is 0.322 e. The van der Waals surface area contributed by atoms with Crippen LogP contribution in [-0.4, -0.2) is 76.6 Å². The predicted molar refractivity (Wildman–Crippen MR) is 73.3 cm³/mol. The second-order valence-corrected chi connectivity index (χ2v) is 5.77. The van der Waals surface area contributed by atoms with Crippen LogP contribution in [0.3, 0.4) is 0 Å². The van der Waals surface area contributed by atoms with Crippen LogP contribution >= 0.6 is 0 Å². The number of unbranched alkanes of at least 4 members (excludes halogenated alkanes) is 1. The third-order valence-electron chi connectivity index (χ3n) is 4.13. The molecule has 0 spiro atoms. The standard InChI is InChI=1S/C13H23N3O5/c17-7-8-5-16(6-10(18)11(8)19)4-2-1-3-9-12(20)15-13(21)14-9/h8-11,17-19H,1-7H2,(H2,14,15,20,21)/t8-,9?,10-,11-/m1/s1. The number of carbonyl (C=O) groups is 2. The van der Waals surface area contributed by atoms with Crippen molar-refractivity contribution in [3.8, 4) is 0 Å². The lowest BCUT2D eigenvalue weighted by atomic mass is 9.93. The molecule has 120 valence electrons. The summed E-state index contributed by atoms with van der Waals surface area (Å²) in [6, 6.07) is -0.889. The minimum absolute atomic E-state index is 0.150. The van der Waals surface area contributed by atoms with Crippen molar-refractivity contribution in [2.45, 2.75) is 37.5 Å². The van der Waals surface area contributed by atoms with Gasteiger partial charge in [0.05, 0.1) is 12.2 Å². The van der Waals surface area contributed by atoms with Crippen molar-refractivity contribution in [2.75, 3.05) is 26.2 Å². The highest BCUT2D eigenvalue weighted by atomic mass is 16.3. The van der Waals surface area contributed by atoms with Crippen LogP contribution in [0.25, 0.3) is 0 Å². The molecule has 0 aromatic rings. The molecule has 3 amide bonds. The Hall–Kier alpha value is -1.22.